The molecule has 1 fully saturated rings. The third kappa shape index (κ3) is 4.29. The standard InChI is InChI=1S/C21H19F5N2O2/c1-12-9-14(4-6-16(12)22)27-18(29)13-3-5-17(23)15(10-13)21(25,26)19(30)28-8-7-20(2,24)11-28/h3-6,9-10H,7-8,11H2,1-2H3,(H,27,29). The lowest BCUT2D eigenvalue weighted by Gasteiger charge is -2.24. The number of likely N-dealkylation sites (tertiary alicyclic amines) is 1. The minimum absolute atomic E-state index is 0.100. The number of aryl methyl sites for hydroxylation is 1. The van der Waals surface area contributed by atoms with E-state index >= 15 is 0 Å². The molecule has 1 N–H and O–H groups in total. The highest BCUT2D eigenvalue weighted by Crippen LogP contribution is 2.36. The van der Waals surface area contributed by atoms with Gasteiger partial charge in [-0.1, -0.05) is 0 Å². The zero-order valence-electron chi connectivity index (χ0n) is 16.2. The minimum atomic E-state index is -4.28. The second-order valence-electron chi connectivity index (χ2n) is 7.58. The predicted molar refractivity (Wildman–Crippen MR) is 100 cm³/mol. The monoisotopic (exact) mass is 426 g/mol. The molecule has 0 spiro atoms. The number of nitrogens with zero attached hydrogens (tertiary/aromatic N) is 1. The maximum Gasteiger partial charge on any atom is 0.352 e. The fraction of sp³-hybridized carbons (Fsp3) is 0.333. The van der Waals surface area contributed by atoms with Crippen molar-refractivity contribution in [3.8, 4) is 0 Å². The predicted octanol–water partition coefficient (Wildman–Crippen LogP) is 4.58. The Kier molecular flexibility index (Phi) is 5.58. The molecule has 30 heavy (non-hydrogen) atoms. The largest absolute Gasteiger partial charge is 0.352 e. The van der Waals surface area contributed by atoms with E-state index in [9.17, 15) is 31.5 Å². The van der Waals surface area contributed by atoms with Crippen molar-refractivity contribution in [1.29, 1.82) is 0 Å². The second kappa shape index (κ2) is 7.70. The smallest absolute Gasteiger partial charge is 0.334 e. The SMILES string of the molecule is Cc1cc(NC(=O)c2ccc(F)c(C(F)(F)C(=O)N3CCC(C)(F)C3)c2)ccc1F. The van der Waals surface area contributed by atoms with Gasteiger partial charge >= 0.3 is 5.92 Å². The van der Waals surface area contributed by atoms with Crippen molar-refractivity contribution in [2.24, 2.45) is 0 Å². The minimum Gasteiger partial charge on any atom is -0.334 e. The highest BCUT2D eigenvalue weighted by molar-refractivity contribution is 6.04. The molecule has 2 aromatic rings. The number of anilines is 1. The lowest BCUT2D eigenvalue weighted by atomic mass is 10.0. The van der Waals surface area contributed by atoms with Crippen LogP contribution in [0.15, 0.2) is 36.4 Å². The number of amides is 2. The van der Waals surface area contributed by atoms with Crippen LogP contribution >= 0.6 is 0 Å². The molecule has 1 aliphatic heterocycles. The van der Waals surface area contributed by atoms with Gasteiger partial charge in [-0.3, -0.25) is 9.59 Å². The van der Waals surface area contributed by atoms with Crippen molar-refractivity contribution < 1.29 is 31.5 Å². The van der Waals surface area contributed by atoms with Gasteiger partial charge in [0, 0.05) is 24.2 Å². The Balaban J connectivity index is 1.85. The van der Waals surface area contributed by atoms with E-state index in [2.05, 4.69) is 5.32 Å². The van der Waals surface area contributed by atoms with Gasteiger partial charge in [-0.2, -0.15) is 8.78 Å². The van der Waals surface area contributed by atoms with E-state index in [1.807, 2.05) is 0 Å². The van der Waals surface area contributed by atoms with Gasteiger partial charge < -0.3 is 10.2 Å². The molecule has 0 saturated carbocycles. The maximum atomic E-state index is 14.8. The molecule has 0 aromatic heterocycles. The fourth-order valence-corrected chi connectivity index (χ4v) is 3.24. The van der Waals surface area contributed by atoms with Crippen molar-refractivity contribution >= 4 is 17.5 Å². The van der Waals surface area contributed by atoms with Crippen LogP contribution in [0.25, 0.3) is 0 Å². The molecule has 0 radical (unpaired) electrons. The Morgan fingerprint density at radius 1 is 1.10 bits per heavy atom. The summed E-state index contributed by atoms with van der Waals surface area (Å²) in [6.07, 6.45) is -0.100. The third-order valence-electron chi connectivity index (χ3n) is 4.96. The zero-order valence-corrected chi connectivity index (χ0v) is 16.2. The molecule has 2 amide bonds. The van der Waals surface area contributed by atoms with Crippen LogP contribution in [0.1, 0.15) is 34.8 Å². The summed E-state index contributed by atoms with van der Waals surface area (Å²) in [5, 5.41) is 2.40. The van der Waals surface area contributed by atoms with Gasteiger partial charge in [0.2, 0.25) is 0 Å². The molecule has 9 heteroatoms. The quantitative estimate of drug-likeness (QED) is 0.728. The van der Waals surface area contributed by atoms with E-state index < -0.39 is 47.1 Å². The fourth-order valence-electron chi connectivity index (χ4n) is 3.24. The maximum absolute atomic E-state index is 14.8. The number of rotatable bonds is 4. The first kappa shape index (κ1) is 21.7. The van der Waals surface area contributed by atoms with Crippen molar-refractivity contribution in [2.45, 2.75) is 31.9 Å². The Bertz CT molecular complexity index is 1010. The number of carbonyl (C=O) groups excluding carboxylic acids is 2. The molecule has 0 bridgehead atoms. The summed E-state index contributed by atoms with van der Waals surface area (Å²) in [5.74, 6) is -8.71. The summed E-state index contributed by atoms with van der Waals surface area (Å²) >= 11 is 0. The van der Waals surface area contributed by atoms with Crippen LogP contribution in [-0.2, 0) is 10.7 Å². The van der Waals surface area contributed by atoms with Gasteiger partial charge in [-0.15, -0.1) is 0 Å². The van der Waals surface area contributed by atoms with Crippen molar-refractivity contribution in [3.63, 3.8) is 0 Å². The van der Waals surface area contributed by atoms with Gasteiger partial charge in [0.1, 0.15) is 17.3 Å². The molecule has 2 aromatic carbocycles. The first-order valence-electron chi connectivity index (χ1n) is 9.14. The molecular formula is C21H19F5N2O2. The van der Waals surface area contributed by atoms with Crippen LogP contribution in [-0.4, -0.2) is 35.5 Å². The van der Waals surface area contributed by atoms with Crippen LogP contribution in [0.3, 0.4) is 0 Å². The molecule has 1 heterocycles. The van der Waals surface area contributed by atoms with Gasteiger partial charge in [-0.05, 0) is 55.8 Å². The second-order valence-corrected chi connectivity index (χ2v) is 7.58. The molecule has 1 aliphatic rings. The Morgan fingerprint density at radius 2 is 1.77 bits per heavy atom. The number of benzene rings is 2. The molecule has 1 unspecified atom stereocenters. The van der Waals surface area contributed by atoms with Crippen molar-refractivity contribution in [3.05, 3.63) is 64.7 Å². The number of halogens is 5. The molecule has 1 saturated heterocycles. The number of hydrogen-bond acceptors (Lipinski definition) is 2. The first-order valence-corrected chi connectivity index (χ1v) is 9.14. The highest BCUT2D eigenvalue weighted by Gasteiger charge is 2.49. The summed E-state index contributed by atoms with van der Waals surface area (Å²) < 4.78 is 70.9. The summed E-state index contributed by atoms with van der Waals surface area (Å²) in [5.41, 5.74) is -2.91. The van der Waals surface area contributed by atoms with Gasteiger partial charge in [0.25, 0.3) is 11.8 Å². The summed E-state index contributed by atoms with van der Waals surface area (Å²) in [4.78, 5) is 25.3. The molecular weight excluding hydrogens is 407 g/mol. The van der Waals surface area contributed by atoms with E-state index in [1.54, 1.807) is 0 Å². The number of nitrogens with one attached hydrogen (secondary N) is 1. The van der Waals surface area contributed by atoms with Crippen LogP contribution in [0.2, 0.25) is 0 Å². The average molecular weight is 426 g/mol. The molecule has 4 nitrogen and oxygen atoms in total. The Morgan fingerprint density at radius 3 is 2.37 bits per heavy atom. The summed E-state index contributed by atoms with van der Waals surface area (Å²) in [6.45, 7) is 1.94. The number of hydrogen-bond donors (Lipinski definition) is 1. The van der Waals surface area contributed by atoms with E-state index in [4.69, 9.17) is 0 Å². The van der Waals surface area contributed by atoms with Crippen LogP contribution < -0.4 is 5.32 Å². The zero-order chi connectivity index (χ0) is 22.3. The highest BCUT2D eigenvalue weighted by atomic mass is 19.3. The van der Waals surface area contributed by atoms with Crippen LogP contribution in [0.4, 0.5) is 27.6 Å². The topological polar surface area (TPSA) is 49.4 Å². The summed E-state index contributed by atoms with van der Waals surface area (Å²) in [7, 11) is 0. The molecule has 0 aliphatic carbocycles. The Hall–Kier alpha value is -2.97. The van der Waals surface area contributed by atoms with Crippen LogP contribution in [0, 0.1) is 18.6 Å². The third-order valence-corrected chi connectivity index (χ3v) is 4.96. The lowest BCUT2D eigenvalue weighted by Crippen LogP contribution is -2.42. The Labute approximate surface area is 169 Å². The van der Waals surface area contributed by atoms with E-state index in [-0.39, 0.29) is 29.8 Å². The van der Waals surface area contributed by atoms with E-state index in [0.717, 1.165) is 12.1 Å². The van der Waals surface area contributed by atoms with E-state index in [1.165, 1.54) is 26.0 Å². The number of alkyl halides is 3. The molecule has 3 rings (SSSR count). The van der Waals surface area contributed by atoms with Crippen molar-refractivity contribution in [1.82, 2.24) is 4.90 Å². The summed E-state index contributed by atoms with van der Waals surface area (Å²) in [6, 6.07) is 5.98. The number of carbonyl (C=O) groups is 2. The normalized spacial score (nSPS) is 19.1. The first-order chi connectivity index (χ1) is 13.9. The average Bonchev–Trinajstić information content (AvgIpc) is 3.03. The van der Waals surface area contributed by atoms with E-state index in [0.29, 0.717) is 17.0 Å². The van der Waals surface area contributed by atoms with Crippen LogP contribution in [0.5, 0.6) is 0 Å². The van der Waals surface area contributed by atoms with Gasteiger partial charge in [0.15, 0.2) is 0 Å². The lowest BCUT2D eigenvalue weighted by molar-refractivity contribution is -0.158. The van der Waals surface area contributed by atoms with Crippen molar-refractivity contribution in [2.75, 3.05) is 18.4 Å². The van der Waals surface area contributed by atoms with Gasteiger partial charge in [0.05, 0.1) is 12.1 Å². The van der Waals surface area contributed by atoms with Gasteiger partial charge in [-0.25, -0.2) is 13.2 Å². The molecule has 160 valence electrons. The molecule has 1 atom stereocenters.